The Kier molecular flexibility index (Phi) is 7.62. The number of H-pyrrole nitrogens is 1. The molecule has 1 aliphatic heterocycles. The van der Waals surface area contributed by atoms with E-state index >= 15 is 0 Å². The number of aromatic nitrogens is 2. The highest BCUT2D eigenvalue weighted by atomic mass is 32.1. The molecule has 10 nitrogen and oxygen atoms in total. The van der Waals surface area contributed by atoms with E-state index in [0.29, 0.717) is 58.4 Å². The lowest BCUT2D eigenvalue weighted by molar-refractivity contribution is -0.122. The van der Waals surface area contributed by atoms with Gasteiger partial charge in [0, 0.05) is 25.2 Å². The van der Waals surface area contributed by atoms with Crippen molar-refractivity contribution >= 4 is 51.0 Å². The Morgan fingerprint density at radius 2 is 1.74 bits per heavy atom. The molecule has 0 spiro atoms. The number of amides is 3. The Labute approximate surface area is 229 Å². The van der Waals surface area contributed by atoms with Crippen molar-refractivity contribution in [2.24, 2.45) is 5.92 Å². The first-order valence-electron chi connectivity index (χ1n) is 12.6. The predicted octanol–water partition coefficient (Wildman–Crippen LogP) is 5.27. The van der Waals surface area contributed by atoms with Gasteiger partial charge in [-0.25, -0.2) is 4.79 Å². The monoisotopic (exact) mass is 547 g/mol. The molecule has 39 heavy (non-hydrogen) atoms. The van der Waals surface area contributed by atoms with Crippen molar-refractivity contribution in [2.45, 2.75) is 32.2 Å². The van der Waals surface area contributed by atoms with Crippen molar-refractivity contribution in [3.8, 4) is 5.06 Å². The summed E-state index contributed by atoms with van der Waals surface area (Å²) in [5.41, 5.74) is 1.05. The van der Waals surface area contributed by atoms with E-state index in [4.69, 9.17) is 9.47 Å². The molecule has 4 aromatic rings. The minimum absolute atomic E-state index is 0.129. The second-order valence-corrected chi connectivity index (χ2v) is 10.8. The van der Waals surface area contributed by atoms with E-state index in [9.17, 15) is 14.4 Å². The summed E-state index contributed by atoms with van der Waals surface area (Å²) in [5.74, 6) is -0.339. The molecule has 5 rings (SSSR count). The highest BCUT2D eigenvalue weighted by Crippen LogP contribution is 2.35. The summed E-state index contributed by atoms with van der Waals surface area (Å²) in [6.45, 7) is 4.88. The molecule has 3 heterocycles. The number of hydrogen-bond donors (Lipinski definition) is 4. The molecule has 3 amide bonds. The highest BCUT2D eigenvalue weighted by Gasteiger charge is 2.25. The van der Waals surface area contributed by atoms with Crippen molar-refractivity contribution in [2.75, 3.05) is 23.8 Å². The fourth-order valence-corrected chi connectivity index (χ4v) is 5.25. The number of nitrogens with zero attached hydrogens (tertiary/aromatic N) is 1. The average Bonchev–Trinajstić information content (AvgIpc) is 3.50. The number of fused-ring (bicyclic) bond motifs is 1. The molecule has 1 fully saturated rings. The maximum absolute atomic E-state index is 13.2. The molecule has 4 N–H and O–H groups in total. The second kappa shape index (κ2) is 11.3. The fraction of sp³-hybridized carbons (Fsp3) is 0.286. The lowest BCUT2D eigenvalue weighted by atomic mass is 9.95. The van der Waals surface area contributed by atoms with E-state index in [0.717, 1.165) is 5.56 Å². The Hall–Kier alpha value is -4.22. The summed E-state index contributed by atoms with van der Waals surface area (Å²) in [6, 6.07) is 18.1. The molecule has 0 atom stereocenters. The van der Waals surface area contributed by atoms with Gasteiger partial charge in [-0.2, -0.15) is 5.10 Å². The number of thiophene rings is 1. The van der Waals surface area contributed by atoms with Gasteiger partial charge in [0.1, 0.15) is 5.82 Å². The van der Waals surface area contributed by atoms with Gasteiger partial charge in [-0.3, -0.25) is 14.7 Å². The number of carbonyl (C=O) groups is 3. The van der Waals surface area contributed by atoms with Gasteiger partial charge in [-0.05, 0) is 44.4 Å². The zero-order chi connectivity index (χ0) is 27.4. The first-order chi connectivity index (χ1) is 18.8. The van der Waals surface area contributed by atoms with Crippen LogP contribution in [-0.4, -0.2) is 41.3 Å². The number of anilines is 2. The molecular formula is C28H29N5O5S. The quantitative estimate of drug-likeness (QED) is 0.249. The number of nitrogens with one attached hydrogen (secondary N) is 4. The van der Waals surface area contributed by atoms with Gasteiger partial charge in [0.15, 0.2) is 9.89 Å². The van der Waals surface area contributed by atoms with Crippen LogP contribution < -0.4 is 20.7 Å². The number of carbonyl (C=O) groups excluding carboxylic acids is 3. The van der Waals surface area contributed by atoms with E-state index in [1.54, 1.807) is 30.3 Å². The van der Waals surface area contributed by atoms with E-state index in [2.05, 4.69) is 26.1 Å². The van der Waals surface area contributed by atoms with Crippen molar-refractivity contribution < 1.29 is 23.9 Å². The van der Waals surface area contributed by atoms with Crippen molar-refractivity contribution in [3.05, 3.63) is 71.8 Å². The van der Waals surface area contributed by atoms with E-state index in [-0.39, 0.29) is 11.8 Å². The first-order valence-corrected chi connectivity index (χ1v) is 13.4. The lowest BCUT2D eigenvalue weighted by Crippen LogP contribution is -2.42. The number of para-hydroxylation sites is 1. The molecule has 0 unspecified atom stereocenters. The van der Waals surface area contributed by atoms with E-state index in [1.165, 1.54) is 11.3 Å². The van der Waals surface area contributed by atoms with Crippen LogP contribution >= 0.6 is 11.3 Å². The SMILES string of the molecule is CC(C)(NC(=O)Oc1cc2c(NC(=O)c3ccccc3NC(=O)C3CCOCC3)[nH]nc2s1)c1ccccc1. The standard InChI is InChI=1S/C28H29N5O5S/c1-28(2,18-8-4-3-5-9-18)31-27(36)38-22-16-20-23(32-33-26(20)39-22)30-25(35)19-10-6-7-11-21(19)29-24(34)17-12-14-37-15-13-17/h3-11,16-17H,12-15H2,1-2H3,(H,29,34)(H,31,36)(H2,30,32,33,35). The number of ether oxygens (including phenoxy) is 2. The topological polar surface area (TPSA) is 134 Å². The van der Waals surface area contributed by atoms with Gasteiger partial charge in [-0.15, -0.1) is 0 Å². The van der Waals surface area contributed by atoms with Gasteiger partial charge in [-0.1, -0.05) is 53.8 Å². The van der Waals surface area contributed by atoms with Crippen molar-refractivity contribution in [1.82, 2.24) is 15.5 Å². The van der Waals surface area contributed by atoms with Crippen LogP contribution in [0.25, 0.3) is 10.2 Å². The predicted molar refractivity (Wildman–Crippen MR) is 149 cm³/mol. The Balaban J connectivity index is 1.26. The Bertz CT molecular complexity index is 1490. The van der Waals surface area contributed by atoms with Crippen LogP contribution in [-0.2, 0) is 15.1 Å². The summed E-state index contributed by atoms with van der Waals surface area (Å²) < 4.78 is 10.9. The maximum Gasteiger partial charge on any atom is 0.414 e. The molecule has 2 aromatic carbocycles. The van der Waals surface area contributed by atoms with Gasteiger partial charge >= 0.3 is 6.09 Å². The van der Waals surface area contributed by atoms with Gasteiger partial charge in [0.25, 0.3) is 5.91 Å². The second-order valence-electron chi connectivity index (χ2n) is 9.76. The smallest absolute Gasteiger partial charge is 0.399 e. The zero-order valence-electron chi connectivity index (χ0n) is 21.6. The van der Waals surface area contributed by atoms with Crippen LogP contribution in [0, 0.1) is 5.92 Å². The maximum atomic E-state index is 13.2. The highest BCUT2D eigenvalue weighted by molar-refractivity contribution is 7.20. The molecule has 0 radical (unpaired) electrons. The molecular weight excluding hydrogens is 518 g/mol. The molecule has 0 saturated carbocycles. The summed E-state index contributed by atoms with van der Waals surface area (Å²) in [5, 5.41) is 16.6. The van der Waals surface area contributed by atoms with Crippen molar-refractivity contribution in [1.29, 1.82) is 0 Å². The molecule has 1 aliphatic rings. The normalized spacial score (nSPS) is 14.1. The van der Waals surface area contributed by atoms with E-state index in [1.807, 2.05) is 44.2 Å². The molecule has 0 aliphatic carbocycles. The molecule has 11 heteroatoms. The van der Waals surface area contributed by atoms with Crippen LogP contribution in [0.1, 0.15) is 42.6 Å². The van der Waals surface area contributed by atoms with Crippen LogP contribution in [0.3, 0.4) is 0 Å². The zero-order valence-corrected chi connectivity index (χ0v) is 22.4. The molecule has 2 aromatic heterocycles. The molecule has 202 valence electrons. The summed E-state index contributed by atoms with van der Waals surface area (Å²) in [6.07, 6.45) is 0.698. The first kappa shape index (κ1) is 26.4. The summed E-state index contributed by atoms with van der Waals surface area (Å²) in [4.78, 5) is 39.1. The Morgan fingerprint density at radius 1 is 1.03 bits per heavy atom. The van der Waals surface area contributed by atoms with Gasteiger partial charge < -0.3 is 25.4 Å². The summed E-state index contributed by atoms with van der Waals surface area (Å²) >= 11 is 1.17. The number of rotatable bonds is 7. The van der Waals surface area contributed by atoms with Crippen LogP contribution in [0.2, 0.25) is 0 Å². The average molecular weight is 548 g/mol. The fourth-order valence-electron chi connectivity index (χ4n) is 4.40. The minimum Gasteiger partial charge on any atom is -0.399 e. The number of aromatic amines is 1. The molecule has 1 saturated heterocycles. The third-order valence-electron chi connectivity index (χ3n) is 6.59. The largest absolute Gasteiger partial charge is 0.414 e. The van der Waals surface area contributed by atoms with Gasteiger partial charge in [0.05, 0.1) is 22.2 Å². The van der Waals surface area contributed by atoms with E-state index < -0.39 is 17.5 Å². The van der Waals surface area contributed by atoms with Crippen LogP contribution in [0.5, 0.6) is 5.06 Å². The van der Waals surface area contributed by atoms with Crippen LogP contribution in [0.15, 0.2) is 60.7 Å². The number of benzene rings is 2. The van der Waals surface area contributed by atoms with Gasteiger partial charge in [0.2, 0.25) is 5.91 Å². The van der Waals surface area contributed by atoms with Crippen molar-refractivity contribution in [3.63, 3.8) is 0 Å². The Morgan fingerprint density at radius 3 is 2.51 bits per heavy atom. The third kappa shape index (κ3) is 6.10. The summed E-state index contributed by atoms with van der Waals surface area (Å²) in [7, 11) is 0. The molecule has 0 bridgehead atoms. The van der Waals surface area contributed by atoms with Crippen LogP contribution in [0.4, 0.5) is 16.3 Å². The lowest BCUT2D eigenvalue weighted by Gasteiger charge is -2.26. The minimum atomic E-state index is -0.636. The number of hydrogen-bond acceptors (Lipinski definition) is 7. The third-order valence-corrected chi connectivity index (χ3v) is 7.50.